The number of anilines is 1. The molecule has 0 saturated carbocycles. The molecule has 18 heavy (non-hydrogen) atoms. The van der Waals surface area contributed by atoms with Crippen LogP contribution in [0, 0.1) is 0 Å². The van der Waals surface area contributed by atoms with Crippen LogP contribution in [0.25, 0.3) is 0 Å². The van der Waals surface area contributed by atoms with Crippen LogP contribution in [0.4, 0.5) is 5.69 Å². The molecule has 0 fully saturated rings. The first kappa shape index (κ1) is 13.4. The molecule has 4 nitrogen and oxygen atoms in total. The highest BCUT2D eigenvalue weighted by Crippen LogP contribution is 2.31. The third kappa shape index (κ3) is 3.25. The van der Waals surface area contributed by atoms with E-state index in [2.05, 4.69) is 36.6 Å². The highest BCUT2D eigenvalue weighted by Gasteiger charge is 2.17. The molecular weight excluding hydrogens is 246 g/mol. The van der Waals surface area contributed by atoms with Crippen LogP contribution in [-0.2, 0) is 11.3 Å². The second-order valence-electron chi connectivity index (χ2n) is 5.11. The minimum absolute atomic E-state index is 0.0693. The van der Waals surface area contributed by atoms with Crippen LogP contribution in [-0.4, -0.2) is 23.7 Å². The van der Waals surface area contributed by atoms with Crippen molar-refractivity contribution in [2.24, 2.45) is 5.73 Å². The second-order valence-corrected chi connectivity index (χ2v) is 6.13. The van der Waals surface area contributed by atoms with Gasteiger partial charge < -0.3 is 16.4 Å². The number of nitrogens with two attached hydrogens (primary N) is 1. The Bertz CT molecular complexity index is 460. The predicted octanol–water partition coefficient (Wildman–Crippen LogP) is 1.56. The number of nitrogens with one attached hydrogen (secondary N) is 2. The molecule has 1 aliphatic heterocycles. The second kappa shape index (κ2) is 5.30. The summed E-state index contributed by atoms with van der Waals surface area (Å²) in [5.41, 5.74) is 7.67. The van der Waals surface area contributed by atoms with E-state index in [1.54, 1.807) is 11.8 Å². The smallest absolute Gasteiger partial charge is 0.234 e. The van der Waals surface area contributed by atoms with Crippen molar-refractivity contribution in [3.63, 3.8) is 0 Å². The molecule has 1 aromatic rings. The van der Waals surface area contributed by atoms with Gasteiger partial charge in [-0.1, -0.05) is 6.07 Å². The van der Waals surface area contributed by atoms with Crippen LogP contribution in [0.3, 0.4) is 0 Å². The molecule has 4 N–H and O–H groups in total. The highest BCUT2D eigenvalue weighted by molar-refractivity contribution is 8.00. The molecule has 0 bridgehead atoms. The summed E-state index contributed by atoms with van der Waals surface area (Å²) in [7, 11) is 0. The SMILES string of the molecule is CC(C)(CN)NCc1ccc2c(c1)NC(=O)CS2. The number of hydrogen-bond acceptors (Lipinski definition) is 4. The van der Waals surface area contributed by atoms with Crippen molar-refractivity contribution < 1.29 is 4.79 Å². The van der Waals surface area contributed by atoms with Crippen molar-refractivity contribution in [1.82, 2.24) is 5.32 Å². The summed E-state index contributed by atoms with van der Waals surface area (Å²) in [5, 5.41) is 6.30. The lowest BCUT2D eigenvalue weighted by Crippen LogP contribution is -2.45. The summed E-state index contributed by atoms with van der Waals surface area (Å²) in [4.78, 5) is 12.5. The van der Waals surface area contributed by atoms with E-state index < -0.39 is 0 Å². The molecular formula is C13H19N3OS. The minimum atomic E-state index is -0.0755. The third-order valence-corrected chi connectivity index (χ3v) is 4.03. The maximum absolute atomic E-state index is 11.3. The number of thioether (sulfide) groups is 1. The summed E-state index contributed by atoms with van der Waals surface area (Å²) in [6, 6.07) is 6.17. The molecule has 0 unspecified atom stereocenters. The number of carbonyl (C=O) groups excluding carboxylic acids is 1. The molecule has 0 saturated heterocycles. The van der Waals surface area contributed by atoms with Crippen LogP contribution in [0.2, 0.25) is 0 Å². The largest absolute Gasteiger partial charge is 0.329 e. The number of carbonyl (C=O) groups is 1. The highest BCUT2D eigenvalue weighted by atomic mass is 32.2. The van der Waals surface area contributed by atoms with Gasteiger partial charge in [0.05, 0.1) is 11.4 Å². The fraction of sp³-hybridized carbons (Fsp3) is 0.462. The van der Waals surface area contributed by atoms with E-state index in [-0.39, 0.29) is 11.4 Å². The van der Waals surface area contributed by atoms with Crippen molar-refractivity contribution in [1.29, 1.82) is 0 Å². The summed E-state index contributed by atoms with van der Waals surface area (Å²) in [6.45, 7) is 5.48. The Morgan fingerprint density at radius 3 is 3.00 bits per heavy atom. The van der Waals surface area contributed by atoms with E-state index in [0.717, 1.165) is 22.7 Å². The van der Waals surface area contributed by atoms with Crippen molar-refractivity contribution in [2.75, 3.05) is 17.6 Å². The molecule has 0 radical (unpaired) electrons. The molecule has 0 aliphatic carbocycles. The lowest BCUT2D eigenvalue weighted by atomic mass is 10.1. The van der Waals surface area contributed by atoms with Gasteiger partial charge in [-0.25, -0.2) is 0 Å². The number of fused-ring (bicyclic) bond motifs is 1. The van der Waals surface area contributed by atoms with E-state index in [1.165, 1.54) is 0 Å². The van der Waals surface area contributed by atoms with Crippen molar-refractivity contribution >= 4 is 23.4 Å². The summed E-state index contributed by atoms with van der Waals surface area (Å²) in [6.07, 6.45) is 0. The summed E-state index contributed by atoms with van der Waals surface area (Å²) in [5.74, 6) is 0.574. The average Bonchev–Trinajstić information content (AvgIpc) is 2.36. The maximum Gasteiger partial charge on any atom is 0.234 e. The monoisotopic (exact) mass is 265 g/mol. The zero-order valence-corrected chi connectivity index (χ0v) is 11.6. The molecule has 0 aromatic heterocycles. The number of rotatable bonds is 4. The third-order valence-electron chi connectivity index (χ3n) is 2.96. The first-order valence-electron chi connectivity index (χ1n) is 6.01. The number of benzene rings is 1. The molecule has 2 rings (SSSR count). The maximum atomic E-state index is 11.3. The van der Waals surface area contributed by atoms with Gasteiger partial charge in [0.1, 0.15) is 0 Å². The normalized spacial score (nSPS) is 15.2. The van der Waals surface area contributed by atoms with Crippen LogP contribution < -0.4 is 16.4 Å². The zero-order valence-electron chi connectivity index (χ0n) is 10.7. The first-order valence-corrected chi connectivity index (χ1v) is 6.99. The van der Waals surface area contributed by atoms with E-state index >= 15 is 0 Å². The molecule has 98 valence electrons. The van der Waals surface area contributed by atoms with Gasteiger partial charge in [-0.2, -0.15) is 0 Å². The fourth-order valence-electron chi connectivity index (χ4n) is 1.65. The van der Waals surface area contributed by atoms with E-state index in [1.807, 2.05) is 6.07 Å². The fourth-order valence-corrected chi connectivity index (χ4v) is 2.44. The van der Waals surface area contributed by atoms with E-state index in [4.69, 9.17) is 5.73 Å². The Labute approximate surface area is 112 Å². The molecule has 1 aromatic carbocycles. The topological polar surface area (TPSA) is 67.2 Å². The Balaban J connectivity index is 2.07. The van der Waals surface area contributed by atoms with Gasteiger partial charge in [-0.3, -0.25) is 4.79 Å². The van der Waals surface area contributed by atoms with E-state index in [9.17, 15) is 4.79 Å². The molecule has 1 amide bonds. The molecule has 0 atom stereocenters. The Morgan fingerprint density at radius 1 is 1.50 bits per heavy atom. The van der Waals surface area contributed by atoms with Crippen LogP contribution in [0.15, 0.2) is 23.1 Å². The van der Waals surface area contributed by atoms with Crippen molar-refractivity contribution in [2.45, 2.75) is 30.8 Å². The van der Waals surface area contributed by atoms with Gasteiger partial charge in [0.2, 0.25) is 5.91 Å². The van der Waals surface area contributed by atoms with Gasteiger partial charge in [-0.15, -0.1) is 11.8 Å². The summed E-state index contributed by atoms with van der Waals surface area (Å²) < 4.78 is 0. The quantitative estimate of drug-likeness (QED) is 0.773. The number of amides is 1. The van der Waals surface area contributed by atoms with Gasteiger partial charge in [-0.05, 0) is 31.5 Å². The van der Waals surface area contributed by atoms with Crippen molar-refractivity contribution in [3.8, 4) is 0 Å². The Morgan fingerprint density at radius 2 is 2.28 bits per heavy atom. The van der Waals surface area contributed by atoms with Gasteiger partial charge in [0, 0.05) is 23.5 Å². The Kier molecular flexibility index (Phi) is 3.94. The van der Waals surface area contributed by atoms with Crippen LogP contribution in [0.5, 0.6) is 0 Å². The van der Waals surface area contributed by atoms with Gasteiger partial charge >= 0.3 is 0 Å². The lowest BCUT2D eigenvalue weighted by Gasteiger charge is -2.25. The Hall–Kier alpha value is -1.04. The standard InChI is InChI=1S/C13H19N3OS/c1-13(2,8-14)15-6-9-3-4-11-10(5-9)16-12(17)7-18-11/h3-5,15H,6-8,14H2,1-2H3,(H,16,17). The van der Waals surface area contributed by atoms with Gasteiger partial charge in [0.25, 0.3) is 0 Å². The molecule has 0 spiro atoms. The first-order chi connectivity index (χ1) is 8.50. The van der Waals surface area contributed by atoms with Crippen molar-refractivity contribution in [3.05, 3.63) is 23.8 Å². The zero-order chi connectivity index (χ0) is 13.2. The van der Waals surface area contributed by atoms with Crippen LogP contribution in [0.1, 0.15) is 19.4 Å². The minimum Gasteiger partial charge on any atom is -0.329 e. The lowest BCUT2D eigenvalue weighted by molar-refractivity contribution is -0.113. The molecule has 5 heteroatoms. The van der Waals surface area contributed by atoms with E-state index in [0.29, 0.717) is 12.3 Å². The van der Waals surface area contributed by atoms with Crippen LogP contribution >= 0.6 is 11.8 Å². The van der Waals surface area contributed by atoms with Gasteiger partial charge in [0.15, 0.2) is 0 Å². The molecule has 1 aliphatic rings. The summed E-state index contributed by atoms with van der Waals surface area (Å²) >= 11 is 1.58. The predicted molar refractivity (Wildman–Crippen MR) is 75.8 cm³/mol. The molecule has 1 heterocycles. The number of hydrogen-bond donors (Lipinski definition) is 3. The average molecular weight is 265 g/mol.